The Hall–Kier alpha value is -3.68. The summed E-state index contributed by atoms with van der Waals surface area (Å²) in [6, 6.07) is 11.9. The summed E-state index contributed by atoms with van der Waals surface area (Å²) in [7, 11) is 0. The molecule has 190 valence electrons. The monoisotopic (exact) mass is 504 g/mol. The number of rotatable bonds is 7. The van der Waals surface area contributed by atoms with Crippen LogP contribution in [0.2, 0.25) is 0 Å². The Morgan fingerprint density at radius 1 is 1.06 bits per heavy atom. The number of benzene rings is 2. The van der Waals surface area contributed by atoms with Crippen LogP contribution in [0.25, 0.3) is 11.3 Å². The number of hydrogen-bond acceptors (Lipinski definition) is 9. The van der Waals surface area contributed by atoms with E-state index >= 15 is 0 Å². The number of halogens is 2. The molecule has 0 unspecified atom stereocenters. The normalized spacial score (nSPS) is 24.1. The molecule has 4 rings (SSSR count). The summed E-state index contributed by atoms with van der Waals surface area (Å²) in [6.07, 6.45) is -6.35. The van der Waals surface area contributed by atoms with Crippen LogP contribution >= 0.6 is 0 Å². The van der Waals surface area contributed by atoms with Gasteiger partial charge in [-0.1, -0.05) is 12.1 Å². The molecular weight excluding hydrogens is 482 g/mol. The molecule has 0 bridgehead atoms. The summed E-state index contributed by atoms with van der Waals surface area (Å²) >= 11 is 0. The summed E-state index contributed by atoms with van der Waals surface area (Å²) in [5, 5.41) is 43.1. The minimum atomic E-state index is -1.66. The van der Waals surface area contributed by atoms with Crippen molar-refractivity contribution in [3.8, 4) is 17.1 Å². The van der Waals surface area contributed by atoms with E-state index in [9.17, 15) is 34.0 Å². The van der Waals surface area contributed by atoms with Gasteiger partial charge in [0.15, 0.2) is 0 Å². The lowest BCUT2D eigenvalue weighted by Gasteiger charge is -2.39. The first-order chi connectivity index (χ1) is 17.3. The van der Waals surface area contributed by atoms with E-state index in [2.05, 4.69) is 10.5 Å². The number of furan rings is 1. The summed E-state index contributed by atoms with van der Waals surface area (Å²) in [5.74, 6) is -1.93. The van der Waals surface area contributed by atoms with Crippen LogP contribution in [0.15, 0.2) is 64.1 Å². The predicted octanol–water partition coefficient (Wildman–Crippen LogP) is 1.17. The molecule has 1 saturated heterocycles. The predicted molar refractivity (Wildman–Crippen MR) is 120 cm³/mol. The van der Waals surface area contributed by atoms with Gasteiger partial charge < -0.3 is 34.3 Å². The third kappa shape index (κ3) is 5.42. The highest BCUT2D eigenvalue weighted by atomic mass is 19.1. The number of carbonyl (C=O) groups is 1. The SMILES string of the molecule is O=C(N/N=C/c1ccc(-c2ccc(F)cc2F)o1)c1ccccc1O[C@@H]1O[C@H](CO)[C@@H](O)[C@H](O)[C@H]1O. The number of nitrogens with one attached hydrogen (secondary N) is 1. The van der Waals surface area contributed by atoms with Gasteiger partial charge in [-0.25, -0.2) is 14.2 Å². The molecule has 5 N–H and O–H groups in total. The first kappa shape index (κ1) is 25.4. The summed E-state index contributed by atoms with van der Waals surface area (Å²) < 4.78 is 43.4. The first-order valence-corrected chi connectivity index (χ1v) is 10.7. The molecule has 1 aliphatic heterocycles. The summed E-state index contributed by atoms with van der Waals surface area (Å²) in [4.78, 5) is 12.7. The molecule has 0 radical (unpaired) electrons. The molecule has 36 heavy (non-hydrogen) atoms. The topological polar surface area (TPSA) is 154 Å². The van der Waals surface area contributed by atoms with Crippen LogP contribution in [0, 0.1) is 11.6 Å². The third-order valence-electron chi connectivity index (χ3n) is 5.40. The van der Waals surface area contributed by atoms with Crippen molar-refractivity contribution >= 4 is 12.1 Å². The maximum absolute atomic E-state index is 13.9. The highest BCUT2D eigenvalue weighted by molar-refractivity contribution is 5.97. The molecule has 2 aromatic carbocycles. The molecule has 1 amide bonds. The minimum Gasteiger partial charge on any atom is -0.461 e. The van der Waals surface area contributed by atoms with Gasteiger partial charge >= 0.3 is 0 Å². The van der Waals surface area contributed by atoms with Crippen molar-refractivity contribution in [3.63, 3.8) is 0 Å². The maximum Gasteiger partial charge on any atom is 0.275 e. The number of aliphatic hydroxyl groups excluding tert-OH is 4. The van der Waals surface area contributed by atoms with E-state index in [1.165, 1.54) is 36.5 Å². The largest absolute Gasteiger partial charge is 0.461 e. The standard InChI is InChI=1S/C24H22F2N2O8/c25-12-5-7-14(16(26)9-12)18-8-6-13(34-18)10-27-28-23(33)15-3-1-2-4-17(15)35-24-22(32)21(31)20(30)19(11-29)36-24/h1-10,19-22,24,29-32H,11H2,(H,28,33)/b27-10+/t19-,20-,21+,22-,24-/m1/s1. The number of aliphatic hydroxyl groups is 4. The number of hydrazone groups is 1. The van der Waals surface area contributed by atoms with Gasteiger partial charge in [-0.15, -0.1) is 0 Å². The number of carbonyl (C=O) groups excluding carboxylic acids is 1. The van der Waals surface area contributed by atoms with Gasteiger partial charge in [0, 0.05) is 6.07 Å². The van der Waals surface area contributed by atoms with Crippen molar-refractivity contribution in [2.24, 2.45) is 5.10 Å². The van der Waals surface area contributed by atoms with Crippen molar-refractivity contribution in [2.75, 3.05) is 6.61 Å². The van der Waals surface area contributed by atoms with E-state index in [0.717, 1.165) is 12.1 Å². The molecule has 5 atom stereocenters. The fourth-order valence-electron chi connectivity index (χ4n) is 3.52. The number of hydrogen-bond donors (Lipinski definition) is 5. The second-order valence-corrected chi connectivity index (χ2v) is 7.84. The second kappa shape index (κ2) is 10.9. The zero-order chi connectivity index (χ0) is 25.8. The van der Waals surface area contributed by atoms with Gasteiger partial charge in [0.25, 0.3) is 5.91 Å². The zero-order valence-corrected chi connectivity index (χ0v) is 18.5. The van der Waals surface area contributed by atoms with Crippen LogP contribution in [0.5, 0.6) is 5.75 Å². The number of amides is 1. The van der Waals surface area contributed by atoms with E-state index in [0.29, 0.717) is 0 Å². The highest BCUT2D eigenvalue weighted by Gasteiger charge is 2.45. The van der Waals surface area contributed by atoms with Crippen LogP contribution in [-0.2, 0) is 4.74 Å². The molecule has 0 aliphatic carbocycles. The summed E-state index contributed by atoms with van der Waals surface area (Å²) in [6.45, 7) is -0.635. The van der Waals surface area contributed by atoms with Gasteiger partial charge in [-0.2, -0.15) is 5.10 Å². The Balaban J connectivity index is 1.43. The summed E-state index contributed by atoms with van der Waals surface area (Å²) in [5.41, 5.74) is 2.33. The van der Waals surface area contributed by atoms with Gasteiger partial charge in [-0.05, 0) is 36.4 Å². The van der Waals surface area contributed by atoms with E-state index in [1.807, 2.05) is 0 Å². The smallest absolute Gasteiger partial charge is 0.275 e. The lowest BCUT2D eigenvalue weighted by atomic mass is 9.99. The van der Waals surface area contributed by atoms with Crippen molar-refractivity contribution in [1.29, 1.82) is 0 Å². The number of nitrogens with zero attached hydrogens (tertiary/aromatic N) is 1. The molecule has 3 aromatic rings. The van der Waals surface area contributed by atoms with Gasteiger partial charge in [0.2, 0.25) is 6.29 Å². The van der Waals surface area contributed by atoms with Crippen LogP contribution in [0.3, 0.4) is 0 Å². The van der Waals surface area contributed by atoms with Crippen molar-refractivity contribution in [2.45, 2.75) is 30.7 Å². The van der Waals surface area contributed by atoms with Crippen molar-refractivity contribution < 1.29 is 47.9 Å². The zero-order valence-electron chi connectivity index (χ0n) is 18.5. The van der Waals surface area contributed by atoms with Gasteiger partial charge in [0.05, 0.1) is 23.9 Å². The number of ether oxygens (including phenoxy) is 2. The van der Waals surface area contributed by atoms with E-state index < -0.39 is 54.9 Å². The average Bonchev–Trinajstić information content (AvgIpc) is 3.33. The van der Waals surface area contributed by atoms with Crippen LogP contribution in [0.4, 0.5) is 8.78 Å². The molecule has 1 aliphatic rings. The van der Waals surface area contributed by atoms with Gasteiger partial charge in [0.1, 0.15) is 53.3 Å². The third-order valence-corrected chi connectivity index (χ3v) is 5.40. The molecular formula is C24H22F2N2O8. The van der Waals surface area contributed by atoms with E-state index in [-0.39, 0.29) is 28.4 Å². The van der Waals surface area contributed by atoms with E-state index in [1.54, 1.807) is 12.1 Å². The molecule has 0 saturated carbocycles. The first-order valence-electron chi connectivity index (χ1n) is 10.7. The Bertz CT molecular complexity index is 1250. The molecule has 10 nitrogen and oxygen atoms in total. The quantitative estimate of drug-likeness (QED) is 0.237. The van der Waals surface area contributed by atoms with E-state index in [4.69, 9.17) is 13.9 Å². The molecule has 1 fully saturated rings. The highest BCUT2D eigenvalue weighted by Crippen LogP contribution is 2.27. The fourth-order valence-corrected chi connectivity index (χ4v) is 3.52. The molecule has 2 heterocycles. The second-order valence-electron chi connectivity index (χ2n) is 7.84. The lowest BCUT2D eigenvalue weighted by molar-refractivity contribution is -0.277. The maximum atomic E-state index is 13.9. The van der Waals surface area contributed by atoms with Crippen LogP contribution < -0.4 is 10.2 Å². The lowest BCUT2D eigenvalue weighted by Crippen LogP contribution is -2.60. The Kier molecular flexibility index (Phi) is 7.72. The molecule has 12 heteroatoms. The Morgan fingerprint density at radius 3 is 2.58 bits per heavy atom. The molecule has 0 spiro atoms. The Labute approximate surface area is 203 Å². The Morgan fingerprint density at radius 2 is 1.83 bits per heavy atom. The van der Waals surface area contributed by atoms with Crippen LogP contribution in [-0.4, -0.2) is 69.9 Å². The van der Waals surface area contributed by atoms with Crippen molar-refractivity contribution in [1.82, 2.24) is 5.43 Å². The minimum absolute atomic E-state index is 0.000118. The van der Waals surface area contributed by atoms with Crippen LogP contribution in [0.1, 0.15) is 16.1 Å². The molecule has 1 aromatic heterocycles. The van der Waals surface area contributed by atoms with Gasteiger partial charge in [-0.3, -0.25) is 4.79 Å². The van der Waals surface area contributed by atoms with Crippen molar-refractivity contribution in [3.05, 3.63) is 77.6 Å². The number of para-hydroxylation sites is 1. The average molecular weight is 504 g/mol. The fraction of sp³-hybridized carbons (Fsp3) is 0.250.